The van der Waals surface area contributed by atoms with E-state index >= 15 is 0 Å². The third-order valence-corrected chi connectivity index (χ3v) is 15.2. The fourth-order valence-corrected chi connectivity index (χ4v) is 11.3. The highest BCUT2D eigenvalue weighted by atomic mass is 28.3. The van der Waals surface area contributed by atoms with Gasteiger partial charge in [0.05, 0.1) is 13.8 Å². The molecular weight excluding hydrogens is 695 g/mol. The standard InChI is InChI=1S/C53H45NOSi/c1-52(2)45-29-33-14-9-8-13-32(33)28-42(45)44-31-47-43(30-46(44)52)40-25-19-34-27-36(22-26-38(34)50(40)53(47,3)4)54(35-20-23-37(24-21-35)56(5,6)7)48-17-12-16-41-39-15-10-11-18-49(39)55-51(41)48/h8-31H,1-7H3. The number of para-hydroxylation sites is 2. The lowest BCUT2D eigenvalue weighted by Crippen LogP contribution is -2.37. The van der Waals surface area contributed by atoms with Crippen LogP contribution < -0.4 is 10.1 Å². The third-order valence-electron chi connectivity index (χ3n) is 13.1. The van der Waals surface area contributed by atoms with Crippen molar-refractivity contribution in [1.82, 2.24) is 0 Å². The Labute approximate surface area is 330 Å². The van der Waals surface area contributed by atoms with E-state index in [0.717, 1.165) is 39.0 Å². The maximum Gasteiger partial charge on any atom is 0.159 e. The van der Waals surface area contributed by atoms with Crippen LogP contribution >= 0.6 is 0 Å². The summed E-state index contributed by atoms with van der Waals surface area (Å²) in [5.74, 6) is 0. The second-order valence-corrected chi connectivity index (χ2v) is 23.3. The molecule has 272 valence electrons. The van der Waals surface area contributed by atoms with E-state index in [1.165, 1.54) is 71.2 Å². The first-order chi connectivity index (χ1) is 26.9. The van der Waals surface area contributed by atoms with Crippen molar-refractivity contribution >= 4 is 73.8 Å². The van der Waals surface area contributed by atoms with E-state index in [-0.39, 0.29) is 10.8 Å². The van der Waals surface area contributed by atoms with Crippen LogP contribution in [0.4, 0.5) is 17.1 Å². The minimum Gasteiger partial charge on any atom is -0.454 e. The predicted octanol–water partition coefficient (Wildman–Crippen LogP) is 14.5. The molecule has 2 aliphatic rings. The van der Waals surface area contributed by atoms with E-state index in [4.69, 9.17) is 4.42 Å². The summed E-state index contributed by atoms with van der Waals surface area (Å²) < 4.78 is 6.65. The number of rotatable bonds is 4. The summed E-state index contributed by atoms with van der Waals surface area (Å²) in [6, 6.07) is 54.7. The molecule has 0 radical (unpaired) electrons. The van der Waals surface area contributed by atoms with E-state index in [1.807, 2.05) is 6.07 Å². The highest BCUT2D eigenvalue weighted by molar-refractivity contribution is 6.88. The molecule has 0 N–H and O–H groups in total. The van der Waals surface area contributed by atoms with Crippen LogP contribution in [0.25, 0.3) is 65.7 Å². The topological polar surface area (TPSA) is 16.4 Å². The van der Waals surface area contributed by atoms with Crippen LogP contribution in [0.3, 0.4) is 0 Å². The van der Waals surface area contributed by atoms with Crippen LogP contribution in [0, 0.1) is 0 Å². The summed E-state index contributed by atoms with van der Waals surface area (Å²) in [5, 5.41) is 8.89. The summed E-state index contributed by atoms with van der Waals surface area (Å²) in [5.41, 5.74) is 16.0. The average Bonchev–Trinajstić information content (AvgIpc) is 3.76. The molecule has 0 amide bonds. The van der Waals surface area contributed by atoms with Gasteiger partial charge in [0.25, 0.3) is 0 Å². The van der Waals surface area contributed by atoms with Gasteiger partial charge in [0.15, 0.2) is 5.58 Å². The van der Waals surface area contributed by atoms with Gasteiger partial charge in [0, 0.05) is 33.0 Å². The molecule has 11 rings (SSSR count). The average molecular weight is 740 g/mol. The van der Waals surface area contributed by atoms with Crippen molar-refractivity contribution < 1.29 is 4.42 Å². The smallest absolute Gasteiger partial charge is 0.159 e. The Balaban J connectivity index is 1.08. The van der Waals surface area contributed by atoms with Gasteiger partial charge in [-0.05, 0) is 127 Å². The molecule has 0 saturated heterocycles. The number of anilines is 3. The quantitative estimate of drug-likeness (QED) is 0.167. The van der Waals surface area contributed by atoms with Crippen molar-refractivity contribution in [2.45, 2.75) is 58.2 Å². The summed E-state index contributed by atoms with van der Waals surface area (Å²) in [7, 11) is -1.48. The number of nitrogens with zero attached hydrogens (tertiary/aromatic N) is 1. The number of furan rings is 1. The molecule has 0 aliphatic heterocycles. The Morgan fingerprint density at radius 3 is 1.86 bits per heavy atom. The zero-order chi connectivity index (χ0) is 38.3. The lowest BCUT2D eigenvalue weighted by atomic mass is 9.78. The Kier molecular flexibility index (Phi) is 6.77. The molecule has 1 heterocycles. The second-order valence-electron chi connectivity index (χ2n) is 18.2. The van der Waals surface area contributed by atoms with Crippen LogP contribution in [0.2, 0.25) is 19.6 Å². The zero-order valence-electron chi connectivity index (χ0n) is 33.2. The molecule has 0 fully saturated rings. The zero-order valence-corrected chi connectivity index (χ0v) is 34.2. The molecule has 0 spiro atoms. The van der Waals surface area contributed by atoms with Gasteiger partial charge in [-0.3, -0.25) is 0 Å². The lowest BCUT2D eigenvalue weighted by molar-refractivity contribution is 0.655. The van der Waals surface area contributed by atoms with Gasteiger partial charge in [-0.2, -0.15) is 0 Å². The van der Waals surface area contributed by atoms with Gasteiger partial charge < -0.3 is 9.32 Å². The molecule has 0 saturated carbocycles. The highest BCUT2D eigenvalue weighted by Crippen LogP contribution is 2.58. The molecule has 3 heteroatoms. The third kappa shape index (κ3) is 4.61. The van der Waals surface area contributed by atoms with Gasteiger partial charge in [0.1, 0.15) is 5.58 Å². The van der Waals surface area contributed by atoms with Crippen molar-refractivity contribution in [1.29, 1.82) is 0 Å². The number of hydrogen-bond donors (Lipinski definition) is 0. The summed E-state index contributed by atoms with van der Waals surface area (Å²) in [4.78, 5) is 2.39. The van der Waals surface area contributed by atoms with Crippen LogP contribution in [0.15, 0.2) is 150 Å². The minimum atomic E-state index is -1.48. The number of fused-ring (bicyclic) bond motifs is 12. The fraction of sp³-hybridized carbons (Fsp3) is 0.170. The van der Waals surface area contributed by atoms with Crippen molar-refractivity contribution in [2.75, 3.05) is 4.90 Å². The maximum absolute atomic E-state index is 6.65. The van der Waals surface area contributed by atoms with E-state index in [1.54, 1.807) is 0 Å². The van der Waals surface area contributed by atoms with Gasteiger partial charge in [-0.1, -0.05) is 137 Å². The van der Waals surface area contributed by atoms with E-state index in [9.17, 15) is 0 Å². The minimum absolute atomic E-state index is 0.0815. The highest BCUT2D eigenvalue weighted by Gasteiger charge is 2.42. The SMILES string of the molecule is CC1(C)c2cc3c(cc2-c2cc4ccccc4cc21)C(C)(C)c1c-3ccc2cc(N(c3ccc([Si](C)(C)C)cc3)c3cccc4c3oc3ccccc34)ccc12. The predicted molar refractivity (Wildman–Crippen MR) is 242 cm³/mol. The van der Waals surface area contributed by atoms with Crippen molar-refractivity contribution in [3.8, 4) is 22.3 Å². The van der Waals surface area contributed by atoms with E-state index in [2.05, 4.69) is 192 Å². The molecule has 0 bridgehead atoms. The molecule has 2 nitrogen and oxygen atoms in total. The van der Waals surface area contributed by atoms with Crippen molar-refractivity contribution in [3.05, 3.63) is 168 Å². The molecule has 2 aliphatic carbocycles. The molecule has 9 aromatic rings. The molecular formula is C53H45NOSi. The second kappa shape index (κ2) is 11.3. The molecule has 8 aromatic carbocycles. The van der Waals surface area contributed by atoms with Crippen LogP contribution in [-0.4, -0.2) is 8.07 Å². The summed E-state index contributed by atoms with van der Waals surface area (Å²) in [6.07, 6.45) is 0. The maximum atomic E-state index is 6.65. The van der Waals surface area contributed by atoms with Gasteiger partial charge in [0.2, 0.25) is 0 Å². The van der Waals surface area contributed by atoms with E-state index < -0.39 is 8.07 Å². The monoisotopic (exact) mass is 739 g/mol. The Morgan fingerprint density at radius 1 is 0.464 bits per heavy atom. The van der Waals surface area contributed by atoms with Crippen LogP contribution in [-0.2, 0) is 10.8 Å². The fourth-order valence-electron chi connectivity index (χ4n) is 10.1. The normalized spacial score (nSPS) is 15.0. The number of benzene rings is 8. The van der Waals surface area contributed by atoms with Crippen LogP contribution in [0.1, 0.15) is 49.9 Å². The van der Waals surface area contributed by atoms with Crippen LogP contribution in [0.5, 0.6) is 0 Å². The molecule has 1 aromatic heterocycles. The first kappa shape index (κ1) is 33.4. The molecule has 56 heavy (non-hydrogen) atoms. The molecule has 0 unspecified atom stereocenters. The Morgan fingerprint density at radius 2 is 1.09 bits per heavy atom. The largest absolute Gasteiger partial charge is 0.454 e. The first-order valence-corrected chi connectivity index (χ1v) is 23.5. The number of hydrogen-bond acceptors (Lipinski definition) is 2. The van der Waals surface area contributed by atoms with E-state index in [0.29, 0.717) is 0 Å². The van der Waals surface area contributed by atoms with Crippen molar-refractivity contribution in [3.63, 3.8) is 0 Å². The Bertz CT molecular complexity index is 3120. The molecule has 0 atom stereocenters. The summed E-state index contributed by atoms with van der Waals surface area (Å²) in [6.45, 7) is 16.9. The van der Waals surface area contributed by atoms with Gasteiger partial charge >= 0.3 is 0 Å². The van der Waals surface area contributed by atoms with Gasteiger partial charge in [-0.15, -0.1) is 0 Å². The first-order valence-electron chi connectivity index (χ1n) is 20.0. The Hall–Kier alpha value is -5.90. The summed E-state index contributed by atoms with van der Waals surface area (Å²) >= 11 is 0. The van der Waals surface area contributed by atoms with Crippen molar-refractivity contribution in [2.24, 2.45) is 0 Å². The lowest BCUT2D eigenvalue weighted by Gasteiger charge is -2.28. The van der Waals surface area contributed by atoms with Gasteiger partial charge in [-0.25, -0.2) is 0 Å².